The highest BCUT2D eigenvalue weighted by molar-refractivity contribution is 5.75. The van der Waals surface area contributed by atoms with Gasteiger partial charge in [-0.1, -0.05) is 30.3 Å². The molecule has 0 aliphatic carbocycles. The van der Waals surface area contributed by atoms with Crippen LogP contribution in [0.5, 0.6) is 0 Å². The van der Waals surface area contributed by atoms with E-state index < -0.39 is 0 Å². The average molecular weight is 196 g/mol. The summed E-state index contributed by atoms with van der Waals surface area (Å²) in [7, 11) is 0. The zero-order valence-electron chi connectivity index (χ0n) is 7.92. The maximum Gasteiger partial charge on any atom is 0.128 e. The molecule has 3 nitrogen and oxygen atoms in total. The Morgan fingerprint density at radius 1 is 0.933 bits per heavy atom. The maximum atomic E-state index is 5.03. The fraction of sp³-hybridized carbons (Fsp3) is 0. The van der Waals surface area contributed by atoms with Crippen molar-refractivity contribution in [1.29, 1.82) is 0 Å². The predicted octanol–water partition coefficient (Wildman–Crippen LogP) is 2.89. The standard InChI is InChI=1S/C12H8N2O/c1-2-4-9(5-3-1)10-6-13-11-7-15-8-12(11)14-10/h1-8H. The summed E-state index contributed by atoms with van der Waals surface area (Å²) in [6.07, 6.45) is 4.96. The highest BCUT2D eigenvalue weighted by Crippen LogP contribution is 2.18. The monoisotopic (exact) mass is 196 g/mol. The van der Waals surface area contributed by atoms with Crippen LogP contribution in [0.15, 0.2) is 53.5 Å². The van der Waals surface area contributed by atoms with E-state index in [4.69, 9.17) is 4.42 Å². The van der Waals surface area contributed by atoms with Crippen molar-refractivity contribution in [2.75, 3.05) is 0 Å². The molecular weight excluding hydrogens is 188 g/mol. The van der Waals surface area contributed by atoms with E-state index in [0.29, 0.717) is 0 Å². The summed E-state index contributed by atoms with van der Waals surface area (Å²) < 4.78 is 5.03. The summed E-state index contributed by atoms with van der Waals surface area (Å²) in [5, 5.41) is 0. The Labute approximate surface area is 86.4 Å². The Morgan fingerprint density at radius 3 is 2.60 bits per heavy atom. The fourth-order valence-corrected chi connectivity index (χ4v) is 1.50. The second kappa shape index (κ2) is 3.20. The Kier molecular flexibility index (Phi) is 1.75. The highest BCUT2D eigenvalue weighted by atomic mass is 16.3. The van der Waals surface area contributed by atoms with E-state index in [0.717, 1.165) is 22.3 Å². The molecule has 0 amide bonds. The minimum atomic E-state index is 0.787. The molecule has 3 rings (SSSR count). The molecule has 2 aromatic heterocycles. The van der Waals surface area contributed by atoms with Crippen molar-refractivity contribution in [3.05, 3.63) is 49.1 Å². The summed E-state index contributed by atoms with van der Waals surface area (Å²) in [6.45, 7) is 0. The smallest absolute Gasteiger partial charge is 0.128 e. The van der Waals surface area contributed by atoms with Crippen LogP contribution in [-0.4, -0.2) is 9.97 Å². The molecule has 0 saturated heterocycles. The van der Waals surface area contributed by atoms with Crippen LogP contribution in [0, 0.1) is 0 Å². The number of aromatic nitrogens is 2. The van der Waals surface area contributed by atoms with Crippen LogP contribution in [0.2, 0.25) is 0 Å². The zero-order chi connectivity index (χ0) is 10.1. The lowest BCUT2D eigenvalue weighted by atomic mass is 10.2. The van der Waals surface area contributed by atoms with Crippen molar-refractivity contribution < 1.29 is 4.42 Å². The lowest BCUT2D eigenvalue weighted by molar-refractivity contribution is 0.571. The van der Waals surface area contributed by atoms with Gasteiger partial charge in [-0.2, -0.15) is 0 Å². The molecule has 0 aliphatic rings. The molecule has 0 N–H and O–H groups in total. The molecule has 0 spiro atoms. The summed E-state index contributed by atoms with van der Waals surface area (Å²) in [5.74, 6) is 0. The van der Waals surface area contributed by atoms with Crippen molar-refractivity contribution in [2.24, 2.45) is 0 Å². The Hall–Kier alpha value is -2.16. The highest BCUT2D eigenvalue weighted by Gasteiger charge is 2.02. The number of nitrogens with zero attached hydrogens (tertiary/aromatic N) is 2. The largest absolute Gasteiger partial charge is 0.468 e. The van der Waals surface area contributed by atoms with E-state index in [9.17, 15) is 0 Å². The molecule has 0 radical (unpaired) electrons. The number of fused-ring (bicyclic) bond motifs is 1. The fourth-order valence-electron chi connectivity index (χ4n) is 1.50. The molecule has 0 bridgehead atoms. The van der Waals surface area contributed by atoms with E-state index in [1.807, 2.05) is 30.3 Å². The molecule has 0 fully saturated rings. The SMILES string of the molecule is c1ccc(-c2cnc3cocc3n2)cc1. The normalized spacial score (nSPS) is 10.7. The van der Waals surface area contributed by atoms with E-state index in [-0.39, 0.29) is 0 Å². The Morgan fingerprint density at radius 2 is 1.73 bits per heavy atom. The van der Waals surface area contributed by atoms with Crippen molar-refractivity contribution in [3.63, 3.8) is 0 Å². The minimum Gasteiger partial charge on any atom is -0.468 e. The molecule has 3 heteroatoms. The van der Waals surface area contributed by atoms with Gasteiger partial charge in [-0.05, 0) is 0 Å². The predicted molar refractivity (Wildman–Crippen MR) is 57.2 cm³/mol. The second-order valence-corrected chi connectivity index (χ2v) is 3.26. The summed E-state index contributed by atoms with van der Waals surface area (Å²) in [5.41, 5.74) is 3.50. The maximum absolute atomic E-state index is 5.03. The lowest BCUT2D eigenvalue weighted by Crippen LogP contribution is -1.85. The van der Waals surface area contributed by atoms with E-state index in [2.05, 4.69) is 9.97 Å². The average Bonchev–Trinajstić information content (AvgIpc) is 2.77. The molecule has 0 unspecified atom stereocenters. The van der Waals surface area contributed by atoms with Gasteiger partial charge < -0.3 is 4.42 Å². The third kappa shape index (κ3) is 1.38. The van der Waals surface area contributed by atoms with Gasteiger partial charge in [-0.15, -0.1) is 0 Å². The van der Waals surface area contributed by atoms with Crippen molar-refractivity contribution >= 4 is 11.0 Å². The van der Waals surface area contributed by atoms with E-state index >= 15 is 0 Å². The Balaban J connectivity index is 2.19. The zero-order valence-corrected chi connectivity index (χ0v) is 7.92. The first-order chi connectivity index (χ1) is 7.43. The van der Waals surface area contributed by atoms with Gasteiger partial charge in [0.25, 0.3) is 0 Å². The molecule has 0 aliphatic heterocycles. The molecule has 0 saturated carbocycles. The first-order valence-electron chi connectivity index (χ1n) is 4.68. The number of hydrogen-bond acceptors (Lipinski definition) is 3. The molecule has 1 aromatic carbocycles. The third-order valence-electron chi connectivity index (χ3n) is 2.26. The van der Waals surface area contributed by atoms with Crippen molar-refractivity contribution in [1.82, 2.24) is 9.97 Å². The lowest BCUT2D eigenvalue weighted by Gasteiger charge is -1.98. The number of benzene rings is 1. The van der Waals surface area contributed by atoms with Gasteiger partial charge in [0.2, 0.25) is 0 Å². The van der Waals surface area contributed by atoms with Gasteiger partial charge in [0.1, 0.15) is 23.6 Å². The van der Waals surface area contributed by atoms with Gasteiger partial charge in [0, 0.05) is 5.56 Å². The summed E-state index contributed by atoms with van der Waals surface area (Å²) in [6, 6.07) is 9.96. The summed E-state index contributed by atoms with van der Waals surface area (Å²) >= 11 is 0. The third-order valence-corrected chi connectivity index (χ3v) is 2.26. The molecule has 72 valence electrons. The number of hydrogen-bond donors (Lipinski definition) is 0. The second-order valence-electron chi connectivity index (χ2n) is 3.26. The van der Waals surface area contributed by atoms with E-state index in [1.165, 1.54) is 0 Å². The van der Waals surface area contributed by atoms with Crippen LogP contribution in [0.1, 0.15) is 0 Å². The van der Waals surface area contributed by atoms with Crippen LogP contribution >= 0.6 is 0 Å². The van der Waals surface area contributed by atoms with Gasteiger partial charge in [-0.25, -0.2) is 9.97 Å². The molecular formula is C12H8N2O. The first-order valence-corrected chi connectivity index (χ1v) is 4.68. The summed E-state index contributed by atoms with van der Waals surface area (Å²) in [4.78, 5) is 8.71. The topological polar surface area (TPSA) is 38.9 Å². The first kappa shape index (κ1) is 8.17. The van der Waals surface area contributed by atoms with Crippen LogP contribution < -0.4 is 0 Å². The van der Waals surface area contributed by atoms with Crippen LogP contribution in [-0.2, 0) is 0 Å². The molecule has 2 heterocycles. The van der Waals surface area contributed by atoms with Crippen LogP contribution in [0.25, 0.3) is 22.3 Å². The van der Waals surface area contributed by atoms with Gasteiger partial charge in [0.05, 0.1) is 11.9 Å². The van der Waals surface area contributed by atoms with Crippen LogP contribution in [0.3, 0.4) is 0 Å². The molecule has 3 aromatic rings. The number of furan rings is 1. The quantitative estimate of drug-likeness (QED) is 0.600. The minimum absolute atomic E-state index is 0.787. The van der Waals surface area contributed by atoms with E-state index in [1.54, 1.807) is 18.7 Å². The van der Waals surface area contributed by atoms with Crippen molar-refractivity contribution in [2.45, 2.75) is 0 Å². The molecule has 0 atom stereocenters. The van der Waals surface area contributed by atoms with Gasteiger partial charge >= 0.3 is 0 Å². The Bertz CT molecular complexity index is 587. The van der Waals surface area contributed by atoms with Crippen LogP contribution in [0.4, 0.5) is 0 Å². The molecule has 15 heavy (non-hydrogen) atoms. The van der Waals surface area contributed by atoms with Gasteiger partial charge in [-0.3, -0.25) is 0 Å². The van der Waals surface area contributed by atoms with Crippen molar-refractivity contribution in [3.8, 4) is 11.3 Å². The number of rotatable bonds is 1. The van der Waals surface area contributed by atoms with Gasteiger partial charge in [0.15, 0.2) is 0 Å².